The first-order valence-electron chi connectivity index (χ1n) is 5.32. The summed E-state index contributed by atoms with van der Waals surface area (Å²) in [6.07, 6.45) is -4.56. The fourth-order valence-corrected chi connectivity index (χ4v) is 3.33. The molecule has 0 aliphatic heterocycles. The van der Waals surface area contributed by atoms with Crippen molar-refractivity contribution in [2.45, 2.75) is 15.3 Å². The number of benzene rings is 1. The summed E-state index contributed by atoms with van der Waals surface area (Å²) in [4.78, 5) is 0.585. The molecule has 1 heterocycles. The maximum Gasteiger partial charge on any atom is 0.417 e. The summed E-state index contributed by atoms with van der Waals surface area (Å²) in [5.41, 5.74) is 4.07. The highest BCUT2D eigenvalue weighted by Crippen LogP contribution is 2.37. The molecule has 1 aromatic carbocycles. The molecule has 0 atom stereocenters. The molecule has 0 radical (unpaired) electrons. The van der Waals surface area contributed by atoms with Crippen molar-refractivity contribution in [3.8, 4) is 0 Å². The normalized spacial score (nSPS) is 12.7. The van der Waals surface area contributed by atoms with Crippen LogP contribution in [0.2, 0.25) is 0 Å². The SMILES string of the molecule is N/C(=N/O)c1cc(Sc2cccs2)ccc1C(F)(F)F. The maximum atomic E-state index is 12.9. The Morgan fingerprint density at radius 1 is 1.30 bits per heavy atom. The van der Waals surface area contributed by atoms with Gasteiger partial charge in [0, 0.05) is 10.5 Å². The zero-order valence-corrected chi connectivity index (χ0v) is 11.5. The highest BCUT2D eigenvalue weighted by molar-refractivity contribution is 8.01. The molecule has 0 aliphatic carbocycles. The van der Waals surface area contributed by atoms with E-state index in [2.05, 4.69) is 5.16 Å². The van der Waals surface area contributed by atoms with Gasteiger partial charge in [-0.15, -0.1) is 11.3 Å². The molecule has 0 spiro atoms. The Bertz CT molecular complexity index is 624. The van der Waals surface area contributed by atoms with E-state index in [1.807, 2.05) is 17.5 Å². The number of rotatable bonds is 3. The lowest BCUT2D eigenvalue weighted by atomic mass is 10.1. The third kappa shape index (κ3) is 3.26. The molecule has 0 unspecified atom stereocenters. The van der Waals surface area contributed by atoms with Crippen LogP contribution < -0.4 is 5.73 Å². The van der Waals surface area contributed by atoms with E-state index in [0.29, 0.717) is 4.90 Å². The summed E-state index contributed by atoms with van der Waals surface area (Å²) in [5.74, 6) is -0.564. The van der Waals surface area contributed by atoms with Crippen molar-refractivity contribution in [3.05, 3.63) is 46.8 Å². The first-order chi connectivity index (χ1) is 9.41. The van der Waals surface area contributed by atoms with Gasteiger partial charge >= 0.3 is 6.18 Å². The highest BCUT2D eigenvalue weighted by atomic mass is 32.2. The number of hydrogen-bond donors (Lipinski definition) is 2. The monoisotopic (exact) mass is 318 g/mol. The summed E-state index contributed by atoms with van der Waals surface area (Å²) in [7, 11) is 0. The van der Waals surface area contributed by atoms with Crippen LogP contribution in [0.25, 0.3) is 0 Å². The summed E-state index contributed by atoms with van der Waals surface area (Å²) >= 11 is 2.79. The topological polar surface area (TPSA) is 58.6 Å². The Labute approximate surface area is 120 Å². The van der Waals surface area contributed by atoms with Crippen LogP contribution in [-0.2, 0) is 6.18 Å². The van der Waals surface area contributed by atoms with Crippen LogP contribution in [0.5, 0.6) is 0 Å². The molecular weight excluding hydrogens is 309 g/mol. The minimum atomic E-state index is -4.56. The van der Waals surface area contributed by atoms with Crippen LogP contribution in [-0.4, -0.2) is 11.0 Å². The highest BCUT2D eigenvalue weighted by Gasteiger charge is 2.34. The van der Waals surface area contributed by atoms with E-state index >= 15 is 0 Å². The van der Waals surface area contributed by atoms with Gasteiger partial charge in [0.05, 0.1) is 9.77 Å². The molecule has 8 heteroatoms. The molecule has 0 bridgehead atoms. The lowest BCUT2D eigenvalue weighted by Crippen LogP contribution is -2.20. The molecule has 0 amide bonds. The van der Waals surface area contributed by atoms with E-state index in [4.69, 9.17) is 10.9 Å². The zero-order chi connectivity index (χ0) is 14.8. The Morgan fingerprint density at radius 3 is 2.60 bits per heavy atom. The van der Waals surface area contributed by atoms with E-state index in [9.17, 15) is 13.2 Å². The van der Waals surface area contributed by atoms with Crippen LogP contribution in [0.1, 0.15) is 11.1 Å². The Morgan fingerprint density at radius 2 is 2.05 bits per heavy atom. The van der Waals surface area contributed by atoms with Gasteiger partial charge in [0.25, 0.3) is 0 Å². The van der Waals surface area contributed by atoms with Crippen LogP contribution in [0.3, 0.4) is 0 Å². The second kappa shape index (κ2) is 5.76. The zero-order valence-electron chi connectivity index (χ0n) is 9.89. The third-order valence-electron chi connectivity index (χ3n) is 2.39. The molecule has 0 fully saturated rings. The van der Waals surface area contributed by atoms with E-state index in [-0.39, 0.29) is 5.56 Å². The second-order valence-corrected chi connectivity index (χ2v) is 6.05. The molecule has 0 aliphatic rings. The predicted octanol–water partition coefficient (Wildman–Crippen LogP) is 4.01. The minimum absolute atomic E-state index is 0.332. The number of amidine groups is 1. The lowest BCUT2D eigenvalue weighted by Gasteiger charge is -2.13. The predicted molar refractivity (Wildman–Crippen MR) is 72.4 cm³/mol. The standard InChI is InChI=1S/C12H9F3N2OS2/c13-12(14,15)9-4-3-7(6-8(9)11(16)17-18)20-10-2-1-5-19-10/h1-6,18H,(H2,16,17). The number of alkyl halides is 3. The van der Waals surface area contributed by atoms with Crippen molar-refractivity contribution in [1.82, 2.24) is 0 Å². The largest absolute Gasteiger partial charge is 0.417 e. The van der Waals surface area contributed by atoms with Gasteiger partial charge in [-0.05, 0) is 29.6 Å². The lowest BCUT2D eigenvalue weighted by molar-refractivity contribution is -0.137. The van der Waals surface area contributed by atoms with Gasteiger partial charge in [0.2, 0.25) is 0 Å². The van der Waals surface area contributed by atoms with Gasteiger partial charge in [0.1, 0.15) is 0 Å². The number of hydrogen-bond acceptors (Lipinski definition) is 4. The van der Waals surface area contributed by atoms with Gasteiger partial charge in [-0.3, -0.25) is 0 Å². The van der Waals surface area contributed by atoms with Crippen molar-refractivity contribution in [3.63, 3.8) is 0 Å². The first kappa shape index (κ1) is 14.7. The van der Waals surface area contributed by atoms with Crippen molar-refractivity contribution in [2.75, 3.05) is 0 Å². The van der Waals surface area contributed by atoms with Crippen molar-refractivity contribution in [2.24, 2.45) is 10.9 Å². The fourth-order valence-electron chi connectivity index (χ4n) is 1.54. The number of nitrogens with two attached hydrogens (primary N) is 1. The van der Waals surface area contributed by atoms with Crippen LogP contribution in [0, 0.1) is 0 Å². The minimum Gasteiger partial charge on any atom is -0.409 e. The quantitative estimate of drug-likeness (QED) is 0.389. The Hall–Kier alpha value is -1.67. The summed E-state index contributed by atoms with van der Waals surface area (Å²) < 4.78 is 39.5. The number of halogens is 3. The van der Waals surface area contributed by atoms with Crippen LogP contribution in [0.4, 0.5) is 13.2 Å². The number of oxime groups is 1. The smallest absolute Gasteiger partial charge is 0.409 e. The molecule has 106 valence electrons. The molecule has 3 nitrogen and oxygen atoms in total. The molecule has 0 saturated heterocycles. The molecule has 2 rings (SSSR count). The van der Waals surface area contributed by atoms with Crippen LogP contribution in [0.15, 0.2) is 50.0 Å². The summed E-state index contributed by atoms with van der Waals surface area (Å²) in [5, 5.41) is 13.1. The Balaban J connectivity index is 2.43. The van der Waals surface area contributed by atoms with Gasteiger partial charge in [-0.2, -0.15) is 13.2 Å². The first-order valence-corrected chi connectivity index (χ1v) is 7.02. The molecular formula is C12H9F3N2OS2. The van der Waals surface area contributed by atoms with E-state index in [1.54, 1.807) is 0 Å². The molecule has 3 N–H and O–H groups in total. The number of nitrogens with zero attached hydrogens (tertiary/aromatic N) is 1. The van der Waals surface area contributed by atoms with Crippen LogP contribution >= 0.6 is 23.1 Å². The fraction of sp³-hybridized carbons (Fsp3) is 0.0833. The average Bonchev–Trinajstić information content (AvgIpc) is 2.89. The second-order valence-electron chi connectivity index (χ2n) is 3.72. The van der Waals surface area contributed by atoms with E-state index in [1.165, 1.54) is 35.2 Å². The molecule has 0 saturated carbocycles. The van der Waals surface area contributed by atoms with Crippen molar-refractivity contribution >= 4 is 28.9 Å². The summed E-state index contributed by atoms with van der Waals surface area (Å²) in [6, 6.07) is 7.27. The van der Waals surface area contributed by atoms with Gasteiger partial charge in [-0.25, -0.2) is 0 Å². The van der Waals surface area contributed by atoms with Gasteiger partial charge in [-0.1, -0.05) is 23.0 Å². The van der Waals surface area contributed by atoms with Crippen molar-refractivity contribution in [1.29, 1.82) is 0 Å². The molecule has 20 heavy (non-hydrogen) atoms. The summed E-state index contributed by atoms with van der Waals surface area (Å²) in [6.45, 7) is 0. The number of thiophene rings is 1. The Kier molecular flexibility index (Phi) is 4.24. The van der Waals surface area contributed by atoms with E-state index in [0.717, 1.165) is 10.3 Å². The van der Waals surface area contributed by atoms with Crippen molar-refractivity contribution < 1.29 is 18.4 Å². The average molecular weight is 318 g/mol. The maximum absolute atomic E-state index is 12.9. The molecule has 1 aromatic heterocycles. The van der Waals surface area contributed by atoms with Gasteiger partial charge < -0.3 is 10.9 Å². The third-order valence-corrected chi connectivity index (χ3v) is 4.42. The van der Waals surface area contributed by atoms with Gasteiger partial charge in [0.15, 0.2) is 5.84 Å². The molecule has 2 aromatic rings. The van der Waals surface area contributed by atoms with E-state index < -0.39 is 17.6 Å².